The van der Waals surface area contributed by atoms with Gasteiger partial charge in [-0.05, 0) is 13.3 Å². The fourth-order valence-electron chi connectivity index (χ4n) is 1.21. The molecular formula is C8H14N2. The molecule has 0 spiro atoms. The highest BCUT2D eigenvalue weighted by Gasteiger charge is 2.42. The Morgan fingerprint density at radius 2 is 2.30 bits per heavy atom. The van der Waals surface area contributed by atoms with Gasteiger partial charge in [-0.15, -0.1) is 6.58 Å². The van der Waals surface area contributed by atoms with Crippen LogP contribution in [0.4, 0.5) is 0 Å². The van der Waals surface area contributed by atoms with Crippen molar-refractivity contribution < 1.29 is 0 Å². The lowest BCUT2D eigenvalue weighted by atomic mass is 10.1. The Morgan fingerprint density at radius 1 is 1.70 bits per heavy atom. The lowest BCUT2D eigenvalue weighted by Gasteiger charge is -2.10. The van der Waals surface area contributed by atoms with Crippen LogP contribution in [0.3, 0.4) is 0 Å². The van der Waals surface area contributed by atoms with Gasteiger partial charge in [-0.1, -0.05) is 6.08 Å². The molecule has 0 aromatic heterocycles. The summed E-state index contributed by atoms with van der Waals surface area (Å²) in [6.07, 6.45) is 2.88. The van der Waals surface area contributed by atoms with Crippen LogP contribution < -0.4 is 0 Å². The third-order valence-electron chi connectivity index (χ3n) is 1.75. The zero-order valence-electron chi connectivity index (χ0n) is 6.89. The summed E-state index contributed by atoms with van der Waals surface area (Å²) in [5, 5.41) is 0. The van der Waals surface area contributed by atoms with Crippen molar-refractivity contribution in [1.82, 2.24) is 4.90 Å². The van der Waals surface area contributed by atoms with Gasteiger partial charge < -0.3 is 4.90 Å². The van der Waals surface area contributed by atoms with E-state index in [0.717, 1.165) is 6.42 Å². The second-order valence-corrected chi connectivity index (χ2v) is 3.10. The van der Waals surface area contributed by atoms with Crippen LogP contribution in [0.5, 0.6) is 0 Å². The van der Waals surface area contributed by atoms with E-state index in [2.05, 4.69) is 23.4 Å². The quantitative estimate of drug-likeness (QED) is 0.525. The molecule has 2 nitrogen and oxygen atoms in total. The normalized spacial score (nSPS) is 29.3. The summed E-state index contributed by atoms with van der Waals surface area (Å²) in [6.45, 7) is 5.82. The van der Waals surface area contributed by atoms with Crippen LogP contribution in [0.1, 0.15) is 13.3 Å². The number of likely N-dealkylation sites (N-methyl/N-ethyl adjacent to an activating group) is 1. The number of aliphatic imine (C=N–C) groups is 1. The maximum Gasteiger partial charge on any atom is 0.128 e. The second kappa shape index (κ2) is 2.11. The molecule has 0 N–H and O–H groups in total. The Hall–Kier alpha value is -0.790. The molecule has 1 rings (SSSR count). The molecule has 1 aliphatic heterocycles. The van der Waals surface area contributed by atoms with Crippen LogP contribution >= 0.6 is 0 Å². The molecule has 2 heteroatoms. The molecule has 0 saturated heterocycles. The van der Waals surface area contributed by atoms with Crippen LogP contribution in [0, 0.1) is 0 Å². The third-order valence-corrected chi connectivity index (χ3v) is 1.75. The Bertz CT molecular complexity index is 182. The van der Waals surface area contributed by atoms with Crippen molar-refractivity contribution in [3.63, 3.8) is 0 Å². The topological polar surface area (TPSA) is 15.6 Å². The SMILES string of the molecule is C=CCC1(C)N=C1N(C)C. The second-order valence-electron chi connectivity index (χ2n) is 3.10. The first kappa shape index (κ1) is 7.32. The summed E-state index contributed by atoms with van der Waals surface area (Å²) < 4.78 is 0. The predicted molar refractivity (Wildman–Crippen MR) is 44.3 cm³/mol. The Morgan fingerprint density at radius 3 is 2.60 bits per heavy atom. The highest BCUT2D eigenvalue weighted by molar-refractivity contribution is 6.02. The fourth-order valence-corrected chi connectivity index (χ4v) is 1.21. The third kappa shape index (κ3) is 1.06. The van der Waals surface area contributed by atoms with Crippen LogP contribution in [0.25, 0.3) is 0 Å². The van der Waals surface area contributed by atoms with Crippen molar-refractivity contribution >= 4 is 5.84 Å². The van der Waals surface area contributed by atoms with Gasteiger partial charge in [0.05, 0.1) is 0 Å². The minimum atomic E-state index is 0.0885. The summed E-state index contributed by atoms with van der Waals surface area (Å²) in [4.78, 5) is 6.41. The highest BCUT2D eigenvalue weighted by atomic mass is 15.3. The van der Waals surface area contributed by atoms with Gasteiger partial charge >= 0.3 is 0 Å². The van der Waals surface area contributed by atoms with E-state index < -0.39 is 0 Å². The van der Waals surface area contributed by atoms with Gasteiger partial charge in [0.15, 0.2) is 0 Å². The van der Waals surface area contributed by atoms with Crippen molar-refractivity contribution in [2.45, 2.75) is 18.9 Å². The van der Waals surface area contributed by atoms with Crippen molar-refractivity contribution in [3.05, 3.63) is 12.7 Å². The van der Waals surface area contributed by atoms with Crippen LogP contribution in [-0.2, 0) is 0 Å². The molecule has 1 atom stereocenters. The van der Waals surface area contributed by atoms with Gasteiger partial charge in [-0.25, -0.2) is 0 Å². The Labute approximate surface area is 62.3 Å². The molecule has 10 heavy (non-hydrogen) atoms. The first-order valence-electron chi connectivity index (χ1n) is 3.49. The van der Waals surface area contributed by atoms with E-state index in [0.29, 0.717) is 0 Å². The standard InChI is InChI=1S/C8H14N2/c1-5-6-8(2)7(9-8)10(3)4/h5H,1,6H2,2-4H3. The van der Waals surface area contributed by atoms with E-state index in [9.17, 15) is 0 Å². The molecule has 0 aromatic carbocycles. The molecule has 0 fully saturated rings. The van der Waals surface area contributed by atoms with E-state index in [-0.39, 0.29) is 5.54 Å². The van der Waals surface area contributed by atoms with Gasteiger partial charge in [-0.3, -0.25) is 4.99 Å². The molecule has 0 bridgehead atoms. The maximum atomic E-state index is 4.35. The monoisotopic (exact) mass is 138 g/mol. The molecule has 1 unspecified atom stereocenters. The summed E-state index contributed by atoms with van der Waals surface area (Å²) in [7, 11) is 4.04. The number of nitrogens with zero attached hydrogens (tertiary/aromatic N) is 2. The van der Waals surface area contributed by atoms with E-state index >= 15 is 0 Å². The number of hydrogen-bond acceptors (Lipinski definition) is 2. The van der Waals surface area contributed by atoms with E-state index in [4.69, 9.17) is 0 Å². The van der Waals surface area contributed by atoms with Crippen molar-refractivity contribution in [1.29, 1.82) is 0 Å². The smallest absolute Gasteiger partial charge is 0.128 e. The molecule has 0 aromatic rings. The molecule has 1 heterocycles. The van der Waals surface area contributed by atoms with Gasteiger partial charge in [0.2, 0.25) is 0 Å². The first-order chi connectivity index (χ1) is 4.60. The first-order valence-corrected chi connectivity index (χ1v) is 3.49. The Kier molecular flexibility index (Phi) is 1.55. The molecular weight excluding hydrogens is 124 g/mol. The van der Waals surface area contributed by atoms with Crippen molar-refractivity contribution in [3.8, 4) is 0 Å². The summed E-state index contributed by atoms with van der Waals surface area (Å²) in [5.74, 6) is 1.19. The minimum Gasteiger partial charge on any atom is -0.364 e. The minimum absolute atomic E-state index is 0.0885. The van der Waals surface area contributed by atoms with E-state index in [1.54, 1.807) is 0 Å². The molecule has 56 valence electrons. The molecule has 0 aliphatic carbocycles. The summed E-state index contributed by atoms with van der Waals surface area (Å²) >= 11 is 0. The lowest BCUT2D eigenvalue weighted by Crippen LogP contribution is -2.25. The van der Waals surface area contributed by atoms with Gasteiger partial charge in [0.25, 0.3) is 0 Å². The largest absolute Gasteiger partial charge is 0.364 e. The zero-order chi connectivity index (χ0) is 7.78. The van der Waals surface area contributed by atoms with Gasteiger partial charge in [0, 0.05) is 14.1 Å². The Balaban J connectivity index is 2.45. The van der Waals surface area contributed by atoms with E-state index in [1.165, 1.54) is 5.84 Å². The van der Waals surface area contributed by atoms with Gasteiger partial charge in [-0.2, -0.15) is 0 Å². The number of amidine groups is 1. The number of hydrogen-bond donors (Lipinski definition) is 0. The lowest BCUT2D eigenvalue weighted by molar-refractivity contribution is 0.600. The predicted octanol–water partition coefficient (Wildman–Crippen LogP) is 1.29. The highest BCUT2D eigenvalue weighted by Crippen LogP contribution is 2.32. The summed E-state index contributed by atoms with van der Waals surface area (Å²) in [5.41, 5.74) is 0.0885. The zero-order valence-corrected chi connectivity index (χ0v) is 6.89. The molecule has 0 saturated carbocycles. The molecule has 1 aliphatic rings. The fraction of sp³-hybridized carbons (Fsp3) is 0.625. The maximum absolute atomic E-state index is 4.35. The average Bonchev–Trinajstić information content (AvgIpc) is 2.43. The van der Waals surface area contributed by atoms with Crippen molar-refractivity contribution in [2.24, 2.45) is 4.99 Å². The van der Waals surface area contributed by atoms with Crippen LogP contribution in [0.2, 0.25) is 0 Å². The molecule has 0 amide bonds. The average molecular weight is 138 g/mol. The van der Waals surface area contributed by atoms with Crippen LogP contribution in [0.15, 0.2) is 17.6 Å². The number of rotatable bonds is 2. The van der Waals surface area contributed by atoms with Gasteiger partial charge in [0.1, 0.15) is 11.4 Å². The van der Waals surface area contributed by atoms with Crippen molar-refractivity contribution in [2.75, 3.05) is 14.1 Å². The van der Waals surface area contributed by atoms with Crippen LogP contribution in [-0.4, -0.2) is 30.4 Å². The summed E-state index contributed by atoms with van der Waals surface area (Å²) in [6, 6.07) is 0. The van der Waals surface area contributed by atoms with E-state index in [1.807, 2.05) is 20.2 Å². The molecule has 0 radical (unpaired) electrons.